The molecule has 1 amide bonds. The first-order valence-corrected chi connectivity index (χ1v) is 9.29. The molecule has 27 heavy (non-hydrogen) atoms. The average molecular weight is 370 g/mol. The van der Waals surface area contributed by atoms with Gasteiger partial charge in [-0.15, -0.1) is 0 Å². The molecule has 0 aliphatic carbocycles. The van der Waals surface area contributed by atoms with E-state index < -0.39 is 0 Å². The Balaban J connectivity index is 1.54. The monoisotopic (exact) mass is 370 g/mol. The number of hydrogen-bond donors (Lipinski definition) is 1. The van der Waals surface area contributed by atoms with Gasteiger partial charge in [0.1, 0.15) is 23.3 Å². The summed E-state index contributed by atoms with van der Waals surface area (Å²) in [6.07, 6.45) is 0. The molecule has 1 atom stereocenters. The molecule has 144 valence electrons. The summed E-state index contributed by atoms with van der Waals surface area (Å²) in [7, 11) is 0. The van der Waals surface area contributed by atoms with Crippen molar-refractivity contribution in [2.75, 3.05) is 38.2 Å². The highest BCUT2D eigenvalue weighted by Crippen LogP contribution is 2.25. The van der Waals surface area contributed by atoms with E-state index in [1.165, 1.54) is 0 Å². The maximum absolute atomic E-state index is 12.5. The lowest BCUT2D eigenvalue weighted by atomic mass is 10.2. The number of amides is 1. The molecule has 0 radical (unpaired) electrons. The van der Waals surface area contributed by atoms with Crippen molar-refractivity contribution in [3.63, 3.8) is 0 Å². The van der Waals surface area contributed by atoms with Gasteiger partial charge >= 0.3 is 0 Å². The van der Waals surface area contributed by atoms with E-state index in [4.69, 9.17) is 14.2 Å². The second kappa shape index (κ2) is 9.28. The number of hydrogen-bond acceptors (Lipinski definition) is 5. The highest BCUT2D eigenvalue weighted by atomic mass is 16.5. The number of benzene rings is 2. The molecule has 2 aromatic rings. The molecule has 0 bridgehead atoms. The van der Waals surface area contributed by atoms with Gasteiger partial charge in [0.05, 0.1) is 19.8 Å². The van der Waals surface area contributed by atoms with Crippen LogP contribution in [0.4, 0.5) is 5.69 Å². The fourth-order valence-corrected chi connectivity index (χ4v) is 2.90. The largest absolute Gasteiger partial charge is 0.494 e. The third kappa shape index (κ3) is 5.37. The van der Waals surface area contributed by atoms with E-state index in [-0.39, 0.29) is 11.9 Å². The Morgan fingerprint density at radius 2 is 1.59 bits per heavy atom. The minimum Gasteiger partial charge on any atom is -0.494 e. The number of rotatable bonds is 7. The number of ether oxygens (including phenoxy) is 3. The van der Waals surface area contributed by atoms with Crippen molar-refractivity contribution in [2.45, 2.75) is 19.9 Å². The normalized spacial score (nSPS) is 15.1. The third-order valence-corrected chi connectivity index (χ3v) is 4.30. The lowest BCUT2D eigenvalue weighted by Gasteiger charge is -2.29. The molecule has 6 nitrogen and oxygen atoms in total. The van der Waals surface area contributed by atoms with Crippen molar-refractivity contribution in [2.24, 2.45) is 0 Å². The molecule has 6 heteroatoms. The van der Waals surface area contributed by atoms with Crippen LogP contribution in [-0.2, 0) is 9.53 Å². The Hall–Kier alpha value is -2.73. The Kier molecular flexibility index (Phi) is 6.54. The van der Waals surface area contributed by atoms with Crippen LogP contribution in [-0.4, -0.2) is 49.8 Å². The maximum Gasteiger partial charge on any atom is 0.244 e. The van der Waals surface area contributed by atoms with Crippen molar-refractivity contribution >= 4 is 11.6 Å². The van der Waals surface area contributed by atoms with Crippen LogP contribution in [0.15, 0.2) is 48.5 Å². The van der Waals surface area contributed by atoms with Crippen LogP contribution < -0.4 is 14.8 Å². The molecule has 3 rings (SSSR count). The van der Waals surface area contributed by atoms with E-state index >= 15 is 0 Å². The molecule has 0 aromatic heterocycles. The molecule has 1 heterocycles. The Bertz CT molecular complexity index is 725. The standard InChI is InChI=1S/C21H26N2O4/c1-3-26-18-8-10-20(11-9-18)27-19-6-4-17(5-7-19)22-16(2)21(24)23-12-14-25-15-13-23/h4-11,16,22H,3,12-15H2,1-2H3/t16-/m1/s1. The second-order valence-corrected chi connectivity index (χ2v) is 6.33. The van der Waals surface area contributed by atoms with E-state index in [1.54, 1.807) is 0 Å². The molecular formula is C21H26N2O4. The zero-order valence-corrected chi connectivity index (χ0v) is 15.8. The second-order valence-electron chi connectivity index (χ2n) is 6.33. The van der Waals surface area contributed by atoms with Gasteiger partial charge in [0.2, 0.25) is 5.91 Å². The highest BCUT2D eigenvalue weighted by Gasteiger charge is 2.22. The lowest BCUT2D eigenvalue weighted by molar-refractivity contribution is -0.135. The number of morpholine rings is 1. The Labute approximate surface area is 160 Å². The molecule has 1 aliphatic rings. The van der Waals surface area contributed by atoms with Gasteiger partial charge in [-0.05, 0) is 62.4 Å². The van der Waals surface area contributed by atoms with Crippen LogP contribution in [0.3, 0.4) is 0 Å². The number of anilines is 1. The van der Waals surface area contributed by atoms with Crippen molar-refractivity contribution in [1.29, 1.82) is 0 Å². The number of nitrogens with one attached hydrogen (secondary N) is 1. The maximum atomic E-state index is 12.5. The van der Waals surface area contributed by atoms with E-state index in [9.17, 15) is 4.79 Å². The van der Waals surface area contributed by atoms with Gasteiger partial charge in [-0.3, -0.25) is 4.79 Å². The van der Waals surface area contributed by atoms with Gasteiger partial charge in [-0.1, -0.05) is 0 Å². The van der Waals surface area contributed by atoms with Crippen molar-refractivity contribution in [1.82, 2.24) is 4.90 Å². The minimum atomic E-state index is -0.291. The third-order valence-electron chi connectivity index (χ3n) is 4.30. The van der Waals surface area contributed by atoms with Crippen LogP contribution in [0.1, 0.15) is 13.8 Å². The first kappa shape index (κ1) is 19.0. The van der Waals surface area contributed by atoms with E-state index in [1.807, 2.05) is 67.3 Å². The van der Waals surface area contributed by atoms with Crippen LogP contribution in [0.25, 0.3) is 0 Å². The average Bonchev–Trinajstić information content (AvgIpc) is 2.71. The zero-order chi connectivity index (χ0) is 19.1. The van der Waals surface area contributed by atoms with Gasteiger partial charge in [0, 0.05) is 18.8 Å². The molecule has 0 saturated carbocycles. The molecule has 1 aliphatic heterocycles. The summed E-state index contributed by atoms with van der Waals surface area (Å²) in [5, 5.41) is 3.25. The summed E-state index contributed by atoms with van der Waals surface area (Å²) >= 11 is 0. The van der Waals surface area contributed by atoms with Crippen LogP contribution in [0.5, 0.6) is 17.2 Å². The number of nitrogens with zero attached hydrogens (tertiary/aromatic N) is 1. The molecule has 1 saturated heterocycles. The molecular weight excluding hydrogens is 344 g/mol. The topological polar surface area (TPSA) is 60.0 Å². The number of carbonyl (C=O) groups is 1. The van der Waals surface area contributed by atoms with Gasteiger partial charge in [-0.2, -0.15) is 0 Å². The van der Waals surface area contributed by atoms with E-state index in [2.05, 4.69) is 5.32 Å². The van der Waals surface area contributed by atoms with Crippen LogP contribution in [0.2, 0.25) is 0 Å². The van der Waals surface area contributed by atoms with Crippen LogP contribution >= 0.6 is 0 Å². The number of carbonyl (C=O) groups excluding carboxylic acids is 1. The van der Waals surface area contributed by atoms with E-state index in [0.29, 0.717) is 32.9 Å². The predicted molar refractivity (Wildman–Crippen MR) is 105 cm³/mol. The van der Waals surface area contributed by atoms with E-state index in [0.717, 1.165) is 22.9 Å². The lowest BCUT2D eigenvalue weighted by Crippen LogP contribution is -2.46. The summed E-state index contributed by atoms with van der Waals surface area (Å²) in [5.41, 5.74) is 0.878. The first-order chi connectivity index (χ1) is 13.2. The molecule has 2 aromatic carbocycles. The summed E-state index contributed by atoms with van der Waals surface area (Å²) in [4.78, 5) is 14.3. The first-order valence-electron chi connectivity index (χ1n) is 9.29. The zero-order valence-electron chi connectivity index (χ0n) is 15.8. The summed E-state index contributed by atoms with van der Waals surface area (Å²) in [6, 6.07) is 14.8. The minimum absolute atomic E-state index is 0.0908. The Morgan fingerprint density at radius 1 is 1.04 bits per heavy atom. The Morgan fingerprint density at radius 3 is 2.19 bits per heavy atom. The molecule has 1 fully saturated rings. The van der Waals surface area contributed by atoms with Gasteiger partial charge in [0.15, 0.2) is 0 Å². The fourth-order valence-electron chi connectivity index (χ4n) is 2.90. The van der Waals surface area contributed by atoms with Gasteiger partial charge < -0.3 is 24.4 Å². The summed E-state index contributed by atoms with van der Waals surface area (Å²) < 4.78 is 16.6. The van der Waals surface area contributed by atoms with Gasteiger partial charge in [-0.25, -0.2) is 0 Å². The highest BCUT2D eigenvalue weighted by molar-refractivity contribution is 5.84. The smallest absolute Gasteiger partial charge is 0.244 e. The summed E-state index contributed by atoms with van der Waals surface area (Å²) in [6.45, 7) is 6.99. The molecule has 0 spiro atoms. The van der Waals surface area contributed by atoms with Crippen molar-refractivity contribution in [3.8, 4) is 17.2 Å². The fraction of sp³-hybridized carbons (Fsp3) is 0.381. The molecule has 0 unspecified atom stereocenters. The van der Waals surface area contributed by atoms with Gasteiger partial charge in [0.25, 0.3) is 0 Å². The van der Waals surface area contributed by atoms with Crippen molar-refractivity contribution in [3.05, 3.63) is 48.5 Å². The molecule has 1 N–H and O–H groups in total. The summed E-state index contributed by atoms with van der Waals surface area (Å²) in [5.74, 6) is 2.39. The predicted octanol–water partition coefficient (Wildman–Crippen LogP) is 3.54. The van der Waals surface area contributed by atoms with Crippen molar-refractivity contribution < 1.29 is 19.0 Å². The quantitative estimate of drug-likeness (QED) is 0.808. The van der Waals surface area contributed by atoms with Crippen LogP contribution in [0, 0.1) is 0 Å². The SMILES string of the molecule is CCOc1ccc(Oc2ccc(N[C@H](C)C(=O)N3CCOCC3)cc2)cc1.